The molecule has 2 heteroatoms. The summed E-state index contributed by atoms with van der Waals surface area (Å²) in [6.07, 6.45) is 2.61. The monoisotopic (exact) mass is 280 g/mol. The molecule has 0 spiro atoms. The fourth-order valence-electron chi connectivity index (χ4n) is 3.67. The molecule has 0 radical (unpaired) electrons. The Labute approximate surface area is 125 Å². The Hall–Kier alpha value is -1.64. The zero-order chi connectivity index (χ0) is 14.1. The highest BCUT2D eigenvalue weighted by molar-refractivity contribution is 5.33. The lowest BCUT2D eigenvalue weighted by molar-refractivity contribution is -0.0931. The Kier molecular flexibility index (Phi) is 3.50. The van der Waals surface area contributed by atoms with Gasteiger partial charge in [-0.25, -0.2) is 0 Å². The van der Waals surface area contributed by atoms with Crippen molar-refractivity contribution >= 4 is 0 Å². The van der Waals surface area contributed by atoms with Crippen molar-refractivity contribution in [2.75, 3.05) is 6.61 Å². The van der Waals surface area contributed by atoms with Crippen LogP contribution in [0.15, 0.2) is 54.6 Å². The molecule has 21 heavy (non-hydrogen) atoms. The second kappa shape index (κ2) is 5.63. The summed E-state index contributed by atoms with van der Waals surface area (Å²) in [6.45, 7) is 1.59. The van der Waals surface area contributed by atoms with E-state index in [4.69, 9.17) is 9.47 Å². The van der Waals surface area contributed by atoms with E-state index in [1.807, 2.05) is 0 Å². The highest BCUT2D eigenvalue weighted by Crippen LogP contribution is 2.46. The van der Waals surface area contributed by atoms with Crippen molar-refractivity contribution in [3.8, 4) is 0 Å². The first-order valence-electron chi connectivity index (χ1n) is 7.79. The first-order chi connectivity index (χ1) is 10.4. The first kappa shape index (κ1) is 13.1. The molecule has 0 aromatic heterocycles. The molecule has 0 unspecified atom stereocenters. The largest absolute Gasteiger partial charge is 0.373 e. The SMILES string of the molecule is c1ccc([C@@H]2OCCC[C@H]2[C@@H]2OCc3ccccc32)cc1. The van der Waals surface area contributed by atoms with Gasteiger partial charge in [0, 0.05) is 12.5 Å². The Morgan fingerprint density at radius 1 is 0.810 bits per heavy atom. The number of rotatable bonds is 2. The summed E-state index contributed by atoms with van der Waals surface area (Å²) in [5.41, 5.74) is 3.96. The van der Waals surface area contributed by atoms with Crippen LogP contribution in [0.1, 0.15) is 41.7 Å². The minimum Gasteiger partial charge on any atom is -0.373 e. The number of hydrogen-bond acceptors (Lipinski definition) is 2. The molecule has 2 aliphatic heterocycles. The molecule has 1 fully saturated rings. The van der Waals surface area contributed by atoms with E-state index < -0.39 is 0 Å². The highest BCUT2D eigenvalue weighted by Gasteiger charge is 2.38. The molecular weight excluding hydrogens is 260 g/mol. The fourth-order valence-corrected chi connectivity index (χ4v) is 3.67. The van der Waals surface area contributed by atoms with Crippen LogP contribution in [-0.4, -0.2) is 6.61 Å². The molecule has 0 amide bonds. The number of hydrogen-bond donors (Lipinski definition) is 0. The van der Waals surface area contributed by atoms with Gasteiger partial charge in [0.1, 0.15) is 0 Å². The Balaban J connectivity index is 1.67. The topological polar surface area (TPSA) is 18.5 Å². The summed E-state index contributed by atoms with van der Waals surface area (Å²) in [7, 11) is 0. The average molecular weight is 280 g/mol. The second-order valence-corrected chi connectivity index (χ2v) is 5.94. The Bertz CT molecular complexity index is 604. The van der Waals surface area contributed by atoms with Crippen LogP contribution < -0.4 is 0 Å². The molecule has 2 heterocycles. The van der Waals surface area contributed by atoms with Gasteiger partial charge in [-0.1, -0.05) is 54.6 Å². The standard InChI is InChI=1S/C19H20O2/c1-2-7-14(8-3-1)18-17(11-6-12-20-18)19-16-10-5-4-9-15(16)13-21-19/h1-5,7-10,17-19H,6,11-13H2/t17-,18+,19-/m1/s1. The molecule has 108 valence electrons. The Morgan fingerprint density at radius 3 is 2.52 bits per heavy atom. The summed E-state index contributed by atoms with van der Waals surface area (Å²) in [5, 5.41) is 0. The molecule has 2 aliphatic rings. The molecule has 2 aromatic carbocycles. The maximum Gasteiger partial charge on any atom is 0.0889 e. The molecular formula is C19H20O2. The van der Waals surface area contributed by atoms with Gasteiger partial charge in [0.15, 0.2) is 0 Å². The third-order valence-corrected chi connectivity index (χ3v) is 4.67. The van der Waals surface area contributed by atoms with Crippen LogP contribution in [0, 0.1) is 5.92 Å². The fraction of sp³-hybridized carbons (Fsp3) is 0.368. The Morgan fingerprint density at radius 2 is 1.62 bits per heavy atom. The third kappa shape index (κ3) is 2.39. The van der Waals surface area contributed by atoms with E-state index in [2.05, 4.69) is 54.6 Å². The molecule has 1 saturated heterocycles. The van der Waals surface area contributed by atoms with Crippen LogP contribution in [-0.2, 0) is 16.1 Å². The maximum atomic E-state index is 6.13. The molecule has 3 atom stereocenters. The van der Waals surface area contributed by atoms with Gasteiger partial charge in [-0.2, -0.15) is 0 Å². The molecule has 2 nitrogen and oxygen atoms in total. The van der Waals surface area contributed by atoms with Crippen molar-refractivity contribution in [3.63, 3.8) is 0 Å². The van der Waals surface area contributed by atoms with Crippen molar-refractivity contribution in [1.82, 2.24) is 0 Å². The lowest BCUT2D eigenvalue weighted by Gasteiger charge is -2.35. The van der Waals surface area contributed by atoms with E-state index in [9.17, 15) is 0 Å². The average Bonchev–Trinajstić information content (AvgIpc) is 3.00. The quantitative estimate of drug-likeness (QED) is 0.810. The van der Waals surface area contributed by atoms with Crippen LogP contribution in [0.2, 0.25) is 0 Å². The van der Waals surface area contributed by atoms with E-state index in [-0.39, 0.29) is 12.2 Å². The number of fused-ring (bicyclic) bond motifs is 1. The summed E-state index contributed by atoms with van der Waals surface area (Å²) in [5.74, 6) is 0.407. The van der Waals surface area contributed by atoms with Gasteiger partial charge in [-0.05, 0) is 29.5 Å². The van der Waals surface area contributed by atoms with Crippen LogP contribution >= 0.6 is 0 Å². The van der Waals surface area contributed by atoms with Crippen LogP contribution in [0.3, 0.4) is 0 Å². The smallest absolute Gasteiger partial charge is 0.0889 e. The van der Waals surface area contributed by atoms with Crippen molar-refractivity contribution in [2.24, 2.45) is 5.92 Å². The van der Waals surface area contributed by atoms with Crippen molar-refractivity contribution in [2.45, 2.75) is 31.7 Å². The zero-order valence-electron chi connectivity index (χ0n) is 12.1. The molecule has 0 bridgehead atoms. The minimum atomic E-state index is 0.149. The van der Waals surface area contributed by atoms with E-state index in [0.717, 1.165) is 19.6 Å². The number of benzene rings is 2. The predicted molar refractivity (Wildman–Crippen MR) is 81.8 cm³/mol. The third-order valence-electron chi connectivity index (χ3n) is 4.67. The van der Waals surface area contributed by atoms with E-state index in [1.54, 1.807) is 0 Å². The molecule has 0 saturated carbocycles. The van der Waals surface area contributed by atoms with Gasteiger partial charge in [-0.3, -0.25) is 0 Å². The molecule has 4 rings (SSSR count). The van der Waals surface area contributed by atoms with Gasteiger partial charge in [-0.15, -0.1) is 0 Å². The van der Waals surface area contributed by atoms with Crippen molar-refractivity contribution in [3.05, 3.63) is 71.3 Å². The zero-order valence-corrected chi connectivity index (χ0v) is 12.1. The van der Waals surface area contributed by atoms with Crippen molar-refractivity contribution in [1.29, 1.82) is 0 Å². The lowest BCUT2D eigenvalue weighted by Crippen LogP contribution is -2.27. The van der Waals surface area contributed by atoms with Gasteiger partial charge in [0.05, 0.1) is 18.8 Å². The number of ether oxygens (including phenoxy) is 2. The van der Waals surface area contributed by atoms with Gasteiger partial charge in [0.25, 0.3) is 0 Å². The normalized spacial score (nSPS) is 28.3. The molecule has 0 aliphatic carbocycles. The van der Waals surface area contributed by atoms with Gasteiger partial charge >= 0.3 is 0 Å². The van der Waals surface area contributed by atoms with E-state index >= 15 is 0 Å². The predicted octanol–water partition coefficient (Wildman–Crippen LogP) is 4.43. The van der Waals surface area contributed by atoms with Gasteiger partial charge < -0.3 is 9.47 Å². The van der Waals surface area contributed by atoms with E-state index in [0.29, 0.717) is 5.92 Å². The first-order valence-corrected chi connectivity index (χ1v) is 7.79. The highest BCUT2D eigenvalue weighted by atomic mass is 16.5. The lowest BCUT2D eigenvalue weighted by atomic mass is 9.82. The summed E-state index contributed by atoms with van der Waals surface area (Å²) in [4.78, 5) is 0. The summed E-state index contributed by atoms with van der Waals surface area (Å²) in [6, 6.07) is 19.2. The van der Waals surface area contributed by atoms with E-state index in [1.165, 1.54) is 23.1 Å². The summed E-state index contributed by atoms with van der Waals surface area (Å²) >= 11 is 0. The molecule has 2 aromatic rings. The molecule has 0 N–H and O–H groups in total. The van der Waals surface area contributed by atoms with Gasteiger partial charge in [0.2, 0.25) is 0 Å². The summed E-state index contributed by atoms with van der Waals surface area (Å²) < 4.78 is 12.3. The van der Waals surface area contributed by atoms with Crippen molar-refractivity contribution < 1.29 is 9.47 Å². The van der Waals surface area contributed by atoms with Crippen LogP contribution in [0.25, 0.3) is 0 Å². The van der Waals surface area contributed by atoms with Crippen LogP contribution in [0.4, 0.5) is 0 Å². The maximum absolute atomic E-state index is 6.13. The minimum absolute atomic E-state index is 0.149. The second-order valence-electron chi connectivity index (χ2n) is 5.94. The van der Waals surface area contributed by atoms with Crippen LogP contribution in [0.5, 0.6) is 0 Å².